The highest BCUT2D eigenvalue weighted by Crippen LogP contribution is 2.00. The van der Waals surface area contributed by atoms with E-state index < -0.39 is 12.1 Å². The first kappa shape index (κ1) is 10.4. The van der Waals surface area contributed by atoms with Crippen molar-refractivity contribution in [3.05, 3.63) is 0 Å². The van der Waals surface area contributed by atoms with Gasteiger partial charge in [0.1, 0.15) is 6.61 Å². The van der Waals surface area contributed by atoms with Gasteiger partial charge in [0.05, 0.1) is 12.6 Å². The van der Waals surface area contributed by atoms with Crippen molar-refractivity contribution in [2.24, 2.45) is 11.7 Å². The molecule has 0 saturated carbocycles. The van der Waals surface area contributed by atoms with Gasteiger partial charge in [0, 0.05) is 0 Å². The third kappa shape index (κ3) is 4.75. The molecule has 11 heavy (non-hydrogen) atoms. The first-order chi connectivity index (χ1) is 5.07. The molecule has 1 atom stereocenters. The Hall–Kier alpha value is -0.610. The Morgan fingerprint density at radius 1 is 1.64 bits per heavy atom. The minimum Gasteiger partial charge on any atom is -0.462 e. The van der Waals surface area contributed by atoms with Crippen LogP contribution in [0.5, 0.6) is 0 Å². The second kappa shape index (κ2) is 5.09. The predicted molar refractivity (Wildman–Crippen MR) is 40.9 cm³/mol. The van der Waals surface area contributed by atoms with Gasteiger partial charge in [-0.15, -0.1) is 0 Å². The van der Waals surface area contributed by atoms with E-state index >= 15 is 0 Å². The lowest BCUT2D eigenvalue weighted by molar-refractivity contribution is -0.145. The van der Waals surface area contributed by atoms with Gasteiger partial charge in [-0.2, -0.15) is 0 Å². The van der Waals surface area contributed by atoms with Gasteiger partial charge in [-0.3, -0.25) is 4.79 Å². The van der Waals surface area contributed by atoms with Crippen LogP contribution in [0.1, 0.15) is 13.8 Å². The molecule has 0 aromatic heterocycles. The summed E-state index contributed by atoms with van der Waals surface area (Å²) in [5.41, 5.74) is 4.98. The van der Waals surface area contributed by atoms with Crippen LogP contribution >= 0.6 is 0 Å². The molecule has 0 aromatic rings. The number of aliphatic hydroxyl groups is 1. The van der Waals surface area contributed by atoms with Crippen molar-refractivity contribution in [2.45, 2.75) is 20.0 Å². The minimum absolute atomic E-state index is 0.0354. The SMILES string of the molecule is CC(C)C(O)COC(=O)CN. The number of esters is 1. The Labute approximate surface area is 66.3 Å². The second-order valence-corrected chi connectivity index (χ2v) is 2.70. The van der Waals surface area contributed by atoms with E-state index in [1.165, 1.54) is 0 Å². The molecule has 4 nitrogen and oxygen atoms in total. The molecule has 0 aromatic carbocycles. The summed E-state index contributed by atoms with van der Waals surface area (Å²) >= 11 is 0. The molecule has 0 heterocycles. The van der Waals surface area contributed by atoms with Crippen LogP contribution in [0.3, 0.4) is 0 Å². The van der Waals surface area contributed by atoms with E-state index in [1.54, 1.807) is 0 Å². The number of hydrogen-bond acceptors (Lipinski definition) is 4. The van der Waals surface area contributed by atoms with E-state index in [4.69, 9.17) is 10.8 Å². The van der Waals surface area contributed by atoms with E-state index in [1.807, 2.05) is 13.8 Å². The Kier molecular flexibility index (Phi) is 4.81. The van der Waals surface area contributed by atoms with Gasteiger partial charge in [0.25, 0.3) is 0 Å². The number of carbonyl (C=O) groups is 1. The number of hydrogen-bond donors (Lipinski definition) is 2. The smallest absolute Gasteiger partial charge is 0.319 e. The maximum Gasteiger partial charge on any atom is 0.319 e. The number of carbonyl (C=O) groups excluding carboxylic acids is 1. The molecule has 0 rings (SSSR count). The van der Waals surface area contributed by atoms with Crippen LogP contribution in [0.15, 0.2) is 0 Å². The molecule has 3 N–H and O–H groups in total. The number of nitrogens with two attached hydrogens (primary N) is 1. The van der Waals surface area contributed by atoms with Gasteiger partial charge in [-0.25, -0.2) is 0 Å². The largest absolute Gasteiger partial charge is 0.462 e. The van der Waals surface area contributed by atoms with Crippen molar-refractivity contribution >= 4 is 5.97 Å². The Morgan fingerprint density at radius 2 is 2.18 bits per heavy atom. The number of rotatable bonds is 4. The maximum atomic E-state index is 10.5. The van der Waals surface area contributed by atoms with Crippen LogP contribution in [-0.2, 0) is 9.53 Å². The normalized spacial score (nSPS) is 13.2. The van der Waals surface area contributed by atoms with Gasteiger partial charge in [0.2, 0.25) is 0 Å². The predicted octanol–water partition coefficient (Wildman–Crippen LogP) is -0.495. The van der Waals surface area contributed by atoms with E-state index in [-0.39, 0.29) is 19.1 Å². The lowest BCUT2D eigenvalue weighted by Crippen LogP contribution is -2.26. The highest BCUT2D eigenvalue weighted by molar-refractivity contribution is 5.71. The minimum atomic E-state index is -0.592. The fraction of sp³-hybridized carbons (Fsp3) is 0.857. The van der Waals surface area contributed by atoms with Crippen LogP contribution in [-0.4, -0.2) is 30.3 Å². The molecule has 0 spiro atoms. The van der Waals surface area contributed by atoms with Crippen molar-refractivity contribution in [1.29, 1.82) is 0 Å². The Balaban J connectivity index is 3.45. The van der Waals surface area contributed by atoms with Crippen molar-refractivity contribution in [3.63, 3.8) is 0 Å². The van der Waals surface area contributed by atoms with Crippen LogP contribution < -0.4 is 5.73 Å². The second-order valence-electron chi connectivity index (χ2n) is 2.70. The summed E-state index contributed by atoms with van der Waals surface area (Å²) in [6.45, 7) is 3.60. The summed E-state index contributed by atoms with van der Waals surface area (Å²) in [6.07, 6.45) is -0.592. The zero-order chi connectivity index (χ0) is 8.85. The maximum absolute atomic E-state index is 10.5. The molecule has 0 amide bonds. The summed E-state index contributed by atoms with van der Waals surface area (Å²) in [7, 11) is 0. The molecule has 4 heteroatoms. The fourth-order valence-electron chi connectivity index (χ4n) is 0.430. The molecule has 1 unspecified atom stereocenters. The van der Waals surface area contributed by atoms with Gasteiger partial charge in [0.15, 0.2) is 0 Å². The van der Waals surface area contributed by atoms with E-state index in [0.717, 1.165) is 0 Å². The van der Waals surface area contributed by atoms with Gasteiger partial charge in [-0.1, -0.05) is 13.8 Å². The summed E-state index contributed by atoms with van der Waals surface area (Å²) in [5.74, 6) is -0.384. The van der Waals surface area contributed by atoms with Crippen LogP contribution in [0, 0.1) is 5.92 Å². The van der Waals surface area contributed by atoms with E-state index in [9.17, 15) is 4.79 Å². The fourth-order valence-corrected chi connectivity index (χ4v) is 0.430. The van der Waals surface area contributed by atoms with Crippen molar-refractivity contribution in [2.75, 3.05) is 13.2 Å². The van der Waals surface area contributed by atoms with E-state index in [2.05, 4.69) is 4.74 Å². The van der Waals surface area contributed by atoms with Crippen LogP contribution in [0.25, 0.3) is 0 Å². The Bertz CT molecular complexity index is 125. The zero-order valence-corrected chi connectivity index (χ0v) is 6.91. The van der Waals surface area contributed by atoms with Crippen LogP contribution in [0.2, 0.25) is 0 Å². The number of ether oxygens (including phenoxy) is 1. The number of aliphatic hydroxyl groups excluding tert-OH is 1. The first-order valence-electron chi connectivity index (χ1n) is 3.61. The summed E-state index contributed by atoms with van der Waals surface area (Å²) in [4.78, 5) is 10.5. The van der Waals surface area contributed by atoms with Gasteiger partial charge >= 0.3 is 5.97 Å². The van der Waals surface area contributed by atoms with Crippen molar-refractivity contribution in [1.82, 2.24) is 0 Å². The summed E-state index contributed by atoms with van der Waals surface area (Å²) in [5, 5.41) is 9.15. The third-order valence-electron chi connectivity index (χ3n) is 1.35. The molecule has 0 aliphatic heterocycles. The molecule has 66 valence electrons. The monoisotopic (exact) mass is 161 g/mol. The first-order valence-corrected chi connectivity index (χ1v) is 3.61. The molecule has 0 fully saturated rings. The highest BCUT2D eigenvalue weighted by Gasteiger charge is 2.10. The lowest BCUT2D eigenvalue weighted by atomic mass is 10.1. The molecule has 0 bridgehead atoms. The molecule has 0 aliphatic carbocycles. The molecular formula is C7H15NO3. The zero-order valence-electron chi connectivity index (χ0n) is 6.91. The standard InChI is InChI=1S/C7H15NO3/c1-5(2)6(9)4-11-7(10)3-8/h5-6,9H,3-4,8H2,1-2H3. The average molecular weight is 161 g/mol. The van der Waals surface area contributed by atoms with Gasteiger partial charge < -0.3 is 15.6 Å². The third-order valence-corrected chi connectivity index (χ3v) is 1.35. The Morgan fingerprint density at radius 3 is 2.55 bits per heavy atom. The molecular weight excluding hydrogens is 146 g/mol. The summed E-state index contributed by atoms with van der Waals surface area (Å²) < 4.78 is 4.60. The molecule has 0 saturated heterocycles. The highest BCUT2D eigenvalue weighted by atomic mass is 16.5. The molecule has 0 radical (unpaired) electrons. The molecule has 0 aliphatic rings. The summed E-state index contributed by atoms with van der Waals surface area (Å²) in [6, 6.07) is 0. The topological polar surface area (TPSA) is 72.5 Å². The van der Waals surface area contributed by atoms with Gasteiger partial charge in [-0.05, 0) is 5.92 Å². The van der Waals surface area contributed by atoms with Crippen molar-refractivity contribution in [3.8, 4) is 0 Å². The van der Waals surface area contributed by atoms with Crippen molar-refractivity contribution < 1.29 is 14.6 Å². The van der Waals surface area contributed by atoms with Crippen LogP contribution in [0.4, 0.5) is 0 Å². The lowest BCUT2D eigenvalue weighted by Gasteiger charge is -2.13. The quantitative estimate of drug-likeness (QED) is 0.545. The van der Waals surface area contributed by atoms with E-state index in [0.29, 0.717) is 0 Å². The average Bonchev–Trinajstić information content (AvgIpc) is 1.99.